The second-order valence-electron chi connectivity index (χ2n) is 7.05. The SMILES string of the molecule is CN(CCO)[C@H]1CC[C@@H](c2ccc(OCc3ccccc3)cc2)CC1. The number of likely N-dealkylation sites (N-methyl/N-ethyl adjacent to an activating group) is 1. The number of ether oxygens (including phenoxy) is 1. The summed E-state index contributed by atoms with van der Waals surface area (Å²) >= 11 is 0. The summed E-state index contributed by atoms with van der Waals surface area (Å²) in [6.45, 7) is 1.64. The molecule has 1 aliphatic carbocycles. The van der Waals surface area contributed by atoms with Crippen LogP contribution in [-0.2, 0) is 6.61 Å². The second-order valence-corrected chi connectivity index (χ2v) is 7.05. The van der Waals surface area contributed by atoms with Crippen LogP contribution in [0.2, 0.25) is 0 Å². The van der Waals surface area contributed by atoms with Gasteiger partial charge in [-0.2, -0.15) is 0 Å². The van der Waals surface area contributed by atoms with Gasteiger partial charge in [-0.1, -0.05) is 42.5 Å². The normalized spacial score (nSPS) is 20.6. The van der Waals surface area contributed by atoms with E-state index in [1.165, 1.54) is 36.8 Å². The first-order valence-electron chi connectivity index (χ1n) is 9.34. The highest BCUT2D eigenvalue weighted by molar-refractivity contribution is 5.30. The number of aliphatic hydroxyl groups excluding tert-OH is 1. The molecule has 0 bridgehead atoms. The summed E-state index contributed by atoms with van der Waals surface area (Å²) in [6, 6.07) is 19.5. The fourth-order valence-electron chi connectivity index (χ4n) is 3.77. The molecule has 0 heterocycles. The van der Waals surface area contributed by atoms with Gasteiger partial charge in [-0.05, 0) is 61.9 Å². The van der Waals surface area contributed by atoms with Gasteiger partial charge in [0.05, 0.1) is 6.61 Å². The summed E-state index contributed by atoms with van der Waals surface area (Å²) in [6.07, 6.45) is 4.89. The first-order valence-corrected chi connectivity index (χ1v) is 9.34. The maximum absolute atomic E-state index is 9.09. The molecular weight excluding hydrogens is 310 g/mol. The summed E-state index contributed by atoms with van der Waals surface area (Å²) < 4.78 is 5.88. The van der Waals surface area contributed by atoms with Crippen molar-refractivity contribution in [2.75, 3.05) is 20.2 Å². The topological polar surface area (TPSA) is 32.7 Å². The Balaban J connectivity index is 1.49. The van der Waals surface area contributed by atoms with E-state index in [2.05, 4.69) is 48.3 Å². The Kier molecular flexibility index (Phi) is 6.48. The van der Waals surface area contributed by atoms with Crippen molar-refractivity contribution in [1.82, 2.24) is 4.90 Å². The summed E-state index contributed by atoms with van der Waals surface area (Å²) in [5.41, 5.74) is 2.62. The van der Waals surface area contributed by atoms with E-state index < -0.39 is 0 Å². The Morgan fingerprint density at radius 3 is 2.28 bits per heavy atom. The molecule has 0 spiro atoms. The van der Waals surface area contributed by atoms with E-state index in [4.69, 9.17) is 9.84 Å². The van der Waals surface area contributed by atoms with Gasteiger partial charge in [0.2, 0.25) is 0 Å². The molecule has 3 heteroatoms. The summed E-state index contributed by atoms with van der Waals surface area (Å²) in [4.78, 5) is 2.30. The van der Waals surface area contributed by atoms with Crippen molar-refractivity contribution in [2.24, 2.45) is 0 Å². The van der Waals surface area contributed by atoms with Crippen molar-refractivity contribution in [3.05, 3.63) is 65.7 Å². The Bertz CT molecular complexity index is 618. The number of benzene rings is 2. The Hall–Kier alpha value is -1.84. The monoisotopic (exact) mass is 339 g/mol. The lowest BCUT2D eigenvalue weighted by Gasteiger charge is -2.34. The highest BCUT2D eigenvalue weighted by Gasteiger charge is 2.24. The molecule has 0 saturated heterocycles. The van der Waals surface area contributed by atoms with E-state index in [0.717, 1.165) is 12.3 Å². The minimum absolute atomic E-state index is 0.251. The van der Waals surface area contributed by atoms with Crippen LogP contribution in [0.1, 0.15) is 42.7 Å². The highest BCUT2D eigenvalue weighted by atomic mass is 16.5. The third kappa shape index (κ3) is 5.07. The van der Waals surface area contributed by atoms with Gasteiger partial charge in [-0.3, -0.25) is 0 Å². The predicted octanol–water partition coefficient (Wildman–Crippen LogP) is 4.22. The molecule has 134 valence electrons. The first kappa shape index (κ1) is 18.0. The molecule has 0 amide bonds. The molecule has 0 unspecified atom stereocenters. The molecule has 0 radical (unpaired) electrons. The summed E-state index contributed by atoms with van der Waals surface area (Å²) in [7, 11) is 2.13. The van der Waals surface area contributed by atoms with Crippen LogP contribution in [-0.4, -0.2) is 36.2 Å². The van der Waals surface area contributed by atoms with Gasteiger partial charge in [0.1, 0.15) is 12.4 Å². The molecular formula is C22H29NO2. The minimum Gasteiger partial charge on any atom is -0.489 e. The number of aliphatic hydroxyl groups is 1. The molecule has 1 aliphatic rings. The van der Waals surface area contributed by atoms with Crippen molar-refractivity contribution < 1.29 is 9.84 Å². The van der Waals surface area contributed by atoms with Crippen LogP contribution in [0.3, 0.4) is 0 Å². The molecule has 25 heavy (non-hydrogen) atoms. The summed E-state index contributed by atoms with van der Waals surface area (Å²) in [5.74, 6) is 1.59. The Labute approximate surface area is 151 Å². The maximum atomic E-state index is 9.09. The molecule has 3 nitrogen and oxygen atoms in total. The lowest BCUT2D eigenvalue weighted by atomic mass is 9.81. The van der Waals surface area contributed by atoms with Crippen molar-refractivity contribution in [3.63, 3.8) is 0 Å². The Morgan fingerprint density at radius 1 is 0.960 bits per heavy atom. The van der Waals surface area contributed by atoms with E-state index in [-0.39, 0.29) is 6.61 Å². The quantitative estimate of drug-likeness (QED) is 0.820. The molecule has 2 aromatic carbocycles. The number of nitrogens with zero attached hydrogens (tertiary/aromatic N) is 1. The standard InChI is InChI=1S/C22H29NO2/c1-23(15-16-24)21-11-7-19(8-12-21)20-9-13-22(14-10-20)25-17-18-5-3-2-4-6-18/h2-6,9-10,13-14,19,21,24H,7-8,11-12,15-17H2,1H3/t19-,21+. The average Bonchev–Trinajstić information content (AvgIpc) is 2.68. The minimum atomic E-state index is 0.251. The average molecular weight is 339 g/mol. The molecule has 1 saturated carbocycles. The summed E-state index contributed by atoms with van der Waals surface area (Å²) in [5, 5.41) is 9.09. The van der Waals surface area contributed by atoms with Gasteiger partial charge >= 0.3 is 0 Å². The zero-order valence-corrected chi connectivity index (χ0v) is 15.1. The van der Waals surface area contributed by atoms with E-state index in [9.17, 15) is 0 Å². The van der Waals surface area contributed by atoms with Gasteiger partial charge in [-0.25, -0.2) is 0 Å². The lowest BCUT2D eigenvalue weighted by molar-refractivity contribution is 0.147. The van der Waals surface area contributed by atoms with Gasteiger partial charge in [-0.15, -0.1) is 0 Å². The van der Waals surface area contributed by atoms with E-state index in [1.807, 2.05) is 18.2 Å². The largest absolute Gasteiger partial charge is 0.489 e. The third-order valence-electron chi connectivity index (χ3n) is 5.37. The van der Waals surface area contributed by atoms with Gasteiger partial charge in [0, 0.05) is 12.6 Å². The lowest BCUT2D eigenvalue weighted by Crippen LogP contribution is -2.36. The first-order chi connectivity index (χ1) is 12.3. The van der Waals surface area contributed by atoms with Crippen LogP contribution in [0.4, 0.5) is 0 Å². The van der Waals surface area contributed by atoms with Crippen LogP contribution < -0.4 is 4.74 Å². The maximum Gasteiger partial charge on any atom is 0.119 e. The second kappa shape index (κ2) is 9.02. The van der Waals surface area contributed by atoms with Crippen LogP contribution >= 0.6 is 0 Å². The Morgan fingerprint density at radius 2 is 1.64 bits per heavy atom. The molecule has 0 aromatic heterocycles. The van der Waals surface area contributed by atoms with Gasteiger partial charge in [0.25, 0.3) is 0 Å². The van der Waals surface area contributed by atoms with E-state index in [1.54, 1.807) is 0 Å². The fourth-order valence-corrected chi connectivity index (χ4v) is 3.77. The zero-order valence-electron chi connectivity index (χ0n) is 15.1. The van der Waals surface area contributed by atoms with Crippen LogP contribution in [0, 0.1) is 0 Å². The molecule has 1 fully saturated rings. The molecule has 2 aromatic rings. The van der Waals surface area contributed by atoms with Crippen LogP contribution in [0.25, 0.3) is 0 Å². The third-order valence-corrected chi connectivity index (χ3v) is 5.37. The van der Waals surface area contributed by atoms with Gasteiger partial charge < -0.3 is 14.7 Å². The van der Waals surface area contributed by atoms with Crippen LogP contribution in [0.5, 0.6) is 5.75 Å². The molecule has 0 atom stereocenters. The number of rotatable bonds is 7. The molecule has 0 aliphatic heterocycles. The van der Waals surface area contributed by atoms with Crippen molar-refractivity contribution in [3.8, 4) is 5.75 Å². The van der Waals surface area contributed by atoms with Gasteiger partial charge in [0.15, 0.2) is 0 Å². The highest BCUT2D eigenvalue weighted by Crippen LogP contribution is 2.35. The number of hydrogen-bond donors (Lipinski definition) is 1. The fraction of sp³-hybridized carbons (Fsp3) is 0.455. The molecule has 1 N–H and O–H groups in total. The van der Waals surface area contributed by atoms with Crippen LogP contribution in [0.15, 0.2) is 54.6 Å². The van der Waals surface area contributed by atoms with Crippen molar-refractivity contribution in [2.45, 2.75) is 44.2 Å². The smallest absolute Gasteiger partial charge is 0.119 e. The van der Waals surface area contributed by atoms with Crippen molar-refractivity contribution in [1.29, 1.82) is 0 Å². The van der Waals surface area contributed by atoms with E-state index in [0.29, 0.717) is 18.6 Å². The van der Waals surface area contributed by atoms with Crippen molar-refractivity contribution >= 4 is 0 Å². The van der Waals surface area contributed by atoms with E-state index >= 15 is 0 Å². The predicted molar refractivity (Wildman–Crippen MR) is 102 cm³/mol. The zero-order chi connectivity index (χ0) is 17.5. The number of hydrogen-bond acceptors (Lipinski definition) is 3. The molecule has 3 rings (SSSR count).